The molecular formula is C8H13NO2S2. The third kappa shape index (κ3) is 2.79. The van der Waals surface area contributed by atoms with Crippen LogP contribution in [0.15, 0.2) is 17.5 Å². The molecule has 0 atom stereocenters. The average Bonchev–Trinajstić information content (AvgIpc) is 2.57. The number of hydrogen-bond donors (Lipinski definition) is 0. The van der Waals surface area contributed by atoms with Crippen molar-refractivity contribution in [3.8, 4) is 0 Å². The van der Waals surface area contributed by atoms with Crippen LogP contribution in [-0.4, -0.2) is 25.5 Å². The average molecular weight is 219 g/mol. The van der Waals surface area contributed by atoms with Gasteiger partial charge in [-0.2, -0.15) is 4.31 Å². The van der Waals surface area contributed by atoms with Crippen molar-refractivity contribution in [1.29, 1.82) is 0 Å². The van der Waals surface area contributed by atoms with E-state index in [0.717, 1.165) is 4.88 Å². The Morgan fingerprint density at radius 2 is 2.23 bits per heavy atom. The summed E-state index contributed by atoms with van der Waals surface area (Å²) in [6.07, 6.45) is 0. The first kappa shape index (κ1) is 10.7. The van der Waals surface area contributed by atoms with E-state index in [1.54, 1.807) is 25.3 Å². The maximum atomic E-state index is 11.4. The van der Waals surface area contributed by atoms with E-state index < -0.39 is 10.0 Å². The third-order valence-corrected chi connectivity index (χ3v) is 4.47. The number of sulfonamides is 1. The van der Waals surface area contributed by atoms with Gasteiger partial charge in [0.25, 0.3) is 0 Å². The van der Waals surface area contributed by atoms with E-state index in [9.17, 15) is 8.42 Å². The molecule has 5 heteroatoms. The van der Waals surface area contributed by atoms with E-state index in [1.807, 2.05) is 17.5 Å². The first-order valence-electron chi connectivity index (χ1n) is 4.02. The highest BCUT2D eigenvalue weighted by Gasteiger charge is 2.15. The molecule has 0 N–H and O–H groups in total. The molecule has 1 heterocycles. The van der Waals surface area contributed by atoms with Crippen LogP contribution in [0.2, 0.25) is 0 Å². The van der Waals surface area contributed by atoms with Gasteiger partial charge in [0, 0.05) is 18.5 Å². The Balaban J connectivity index is 2.66. The maximum Gasteiger partial charge on any atom is 0.213 e. The molecule has 0 amide bonds. The summed E-state index contributed by atoms with van der Waals surface area (Å²) in [5.41, 5.74) is 0. The lowest BCUT2D eigenvalue weighted by Gasteiger charge is -2.14. The van der Waals surface area contributed by atoms with E-state index in [0.29, 0.717) is 6.54 Å². The van der Waals surface area contributed by atoms with Gasteiger partial charge in [-0.15, -0.1) is 11.3 Å². The third-order valence-electron chi connectivity index (χ3n) is 1.80. The lowest BCUT2D eigenvalue weighted by Crippen LogP contribution is -2.27. The Bertz CT molecular complexity index is 342. The highest BCUT2D eigenvalue weighted by Crippen LogP contribution is 2.12. The molecule has 0 fully saturated rings. The Kier molecular flexibility index (Phi) is 3.47. The van der Waals surface area contributed by atoms with Crippen molar-refractivity contribution in [3.05, 3.63) is 22.4 Å². The quantitative estimate of drug-likeness (QED) is 0.770. The predicted octanol–water partition coefficient (Wildman–Crippen LogP) is 1.53. The highest BCUT2D eigenvalue weighted by atomic mass is 32.2. The molecule has 0 saturated carbocycles. The fraction of sp³-hybridized carbons (Fsp3) is 0.500. The summed E-state index contributed by atoms with van der Waals surface area (Å²) in [6, 6.07) is 3.86. The summed E-state index contributed by atoms with van der Waals surface area (Å²) in [5, 5.41) is 1.95. The zero-order valence-corrected chi connectivity index (χ0v) is 9.36. The van der Waals surface area contributed by atoms with Gasteiger partial charge < -0.3 is 0 Å². The minimum atomic E-state index is -3.03. The van der Waals surface area contributed by atoms with Gasteiger partial charge in [0.2, 0.25) is 10.0 Å². The van der Waals surface area contributed by atoms with E-state index in [2.05, 4.69) is 0 Å². The second-order valence-electron chi connectivity index (χ2n) is 2.74. The summed E-state index contributed by atoms with van der Waals surface area (Å²) in [5.74, 6) is 0.162. The van der Waals surface area contributed by atoms with Crippen molar-refractivity contribution in [2.24, 2.45) is 0 Å². The molecule has 0 aliphatic heterocycles. The molecular weight excluding hydrogens is 206 g/mol. The molecule has 0 radical (unpaired) electrons. The van der Waals surface area contributed by atoms with Gasteiger partial charge >= 0.3 is 0 Å². The van der Waals surface area contributed by atoms with Crippen LogP contribution in [0.5, 0.6) is 0 Å². The number of nitrogens with zero attached hydrogens (tertiary/aromatic N) is 1. The minimum absolute atomic E-state index is 0.162. The Morgan fingerprint density at radius 1 is 1.54 bits per heavy atom. The van der Waals surface area contributed by atoms with Crippen LogP contribution in [0.4, 0.5) is 0 Å². The van der Waals surface area contributed by atoms with E-state index in [1.165, 1.54) is 4.31 Å². The lowest BCUT2D eigenvalue weighted by molar-refractivity contribution is 0.471. The van der Waals surface area contributed by atoms with Crippen LogP contribution in [0.25, 0.3) is 0 Å². The zero-order chi connectivity index (χ0) is 9.90. The Hall–Kier alpha value is -0.390. The van der Waals surface area contributed by atoms with Crippen LogP contribution in [0.3, 0.4) is 0 Å². The first-order chi connectivity index (χ1) is 6.06. The molecule has 13 heavy (non-hydrogen) atoms. The molecule has 0 unspecified atom stereocenters. The van der Waals surface area contributed by atoms with E-state index in [4.69, 9.17) is 0 Å². The SMILES string of the molecule is CCS(=O)(=O)N(C)Cc1cccs1. The molecule has 1 rings (SSSR count). The lowest BCUT2D eigenvalue weighted by atomic mass is 10.5. The van der Waals surface area contributed by atoms with Crippen LogP contribution < -0.4 is 0 Å². The number of rotatable bonds is 4. The molecule has 0 aliphatic rings. The van der Waals surface area contributed by atoms with Crippen molar-refractivity contribution >= 4 is 21.4 Å². The molecule has 0 saturated heterocycles. The second-order valence-corrected chi connectivity index (χ2v) is 6.13. The fourth-order valence-corrected chi connectivity index (χ4v) is 2.56. The van der Waals surface area contributed by atoms with Crippen molar-refractivity contribution in [2.75, 3.05) is 12.8 Å². The smallest absolute Gasteiger partial charge is 0.212 e. The fourth-order valence-electron chi connectivity index (χ4n) is 0.941. The van der Waals surface area contributed by atoms with Crippen molar-refractivity contribution < 1.29 is 8.42 Å². The minimum Gasteiger partial charge on any atom is -0.212 e. The predicted molar refractivity (Wildman–Crippen MR) is 55.2 cm³/mol. The topological polar surface area (TPSA) is 37.4 Å². The molecule has 0 bridgehead atoms. The monoisotopic (exact) mass is 219 g/mol. The summed E-state index contributed by atoms with van der Waals surface area (Å²) < 4.78 is 24.1. The first-order valence-corrected chi connectivity index (χ1v) is 6.51. The van der Waals surface area contributed by atoms with Gasteiger partial charge in [0.1, 0.15) is 0 Å². The van der Waals surface area contributed by atoms with Crippen molar-refractivity contribution in [2.45, 2.75) is 13.5 Å². The van der Waals surface area contributed by atoms with Gasteiger partial charge in [-0.1, -0.05) is 6.07 Å². The Morgan fingerprint density at radius 3 is 2.69 bits per heavy atom. The second kappa shape index (κ2) is 4.21. The molecule has 0 aliphatic carbocycles. The van der Waals surface area contributed by atoms with Gasteiger partial charge in [-0.05, 0) is 18.4 Å². The van der Waals surface area contributed by atoms with E-state index >= 15 is 0 Å². The van der Waals surface area contributed by atoms with Gasteiger partial charge in [-0.25, -0.2) is 8.42 Å². The Labute approximate surface area is 83.1 Å². The van der Waals surface area contributed by atoms with Gasteiger partial charge in [0.15, 0.2) is 0 Å². The highest BCUT2D eigenvalue weighted by molar-refractivity contribution is 7.89. The molecule has 1 aromatic heterocycles. The molecule has 1 aromatic rings. The standard InChI is InChI=1S/C8H13NO2S2/c1-3-13(10,11)9(2)7-8-5-4-6-12-8/h4-6H,3,7H2,1-2H3. The number of thiophene rings is 1. The van der Waals surface area contributed by atoms with Crippen LogP contribution in [-0.2, 0) is 16.6 Å². The zero-order valence-electron chi connectivity index (χ0n) is 7.73. The summed E-state index contributed by atoms with van der Waals surface area (Å²) >= 11 is 1.57. The largest absolute Gasteiger partial charge is 0.213 e. The van der Waals surface area contributed by atoms with Crippen LogP contribution in [0, 0.1) is 0 Å². The molecule has 74 valence electrons. The molecule has 0 spiro atoms. The normalized spacial score (nSPS) is 12.2. The summed E-state index contributed by atoms with van der Waals surface area (Å²) in [4.78, 5) is 1.07. The van der Waals surface area contributed by atoms with Crippen molar-refractivity contribution in [3.63, 3.8) is 0 Å². The van der Waals surface area contributed by atoms with Gasteiger partial charge in [0.05, 0.1) is 5.75 Å². The van der Waals surface area contributed by atoms with Gasteiger partial charge in [-0.3, -0.25) is 0 Å². The van der Waals surface area contributed by atoms with Crippen LogP contribution in [0.1, 0.15) is 11.8 Å². The number of hydrogen-bond acceptors (Lipinski definition) is 3. The summed E-state index contributed by atoms with van der Waals surface area (Å²) in [6.45, 7) is 2.13. The van der Waals surface area contributed by atoms with Crippen LogP contribution >= 0.6 is 11.3 Å². The molecule has 0 aromatic carbocycles. The van der Waals surface area contributed by atoms with Crippen molar-refractivity contribution in [1.82, 2.24) is 4.31 Å². The summed E-state index contributed by atoms with van der Waals surface area (Å²) in [7, 11) is -1.42. The molecule has 3 nitrogen and oxygen atoms in total. The maximum absolute atomic E-state index is 11.4. The van der Waals surface area contributed by atoms with E-state index in [-0.39, 0.29) is 5.75 Å².